The van der Waals surface area contributed by atoms with E-state index in [0.717, 1.165) is 11.5 Å². The Morgan fingerprint density at radius 2 is 1.75 bits per heavy atom. The van der Waals surface area contributed by atoms with Crippen molar-refractivity contribution in [2.24, 2.45) is 0 Å². The van der Waals surface area contributed by atoms with Crippen molar-refractivity contribution < 1.29 is 9.59 Å². The summed E-state index contributed by atoms with van der Waals surface area (Å²) >= 11 is 8.73. The number of hydrazine groups is 1. The summed E-state index contributed by atoms with van der Waals surface area (Å²) in [6.45, 7) is 0. The number of nitrogens with zero attached hydrogens (tertiary/aromatic N) is 3. The molecular formula is C22H18ClN5O2S2. The number of thiophene rings is 1. The zero-order chi connectivity index (χ0) is 22.3. The van der Waals surface area contributed by atoms with E-state index in [1.54, 1.807) is 35.6 Å². The molecule has 0 unspecified atom stereocenters. The van der Waals surface area contributed by atoms with Gasteiger partial charge in [-0.05, 0) is 47.8 Å². The van der Waals surface area contributed by atoms with Crippen molar-refractivity contribution in [2.75, 3.05) is 5.75 Å². The van der Waals surface area contributed by atoms with Gasteiger partial charge in [-0.2, -0.15) is 0 Å². The molecule has 2 aromatic heterocycles. The van der Waals surface area contributed by atoms with Crippen molar-refractivity contribution in [3.63, 3.8) is 0 Å². The quantitative estimate of drug-likeness (QED) is 0.305. The molecule has 4 aromatic rings. The van der Waals surface area contributed by atoms with Crippen molar-refractivity contribution >= 4 is 46.5 Å². The Kier molecular flexibility index (Phi) is 7.21. The van der Waals surface area contributed by atoms with Gasteiger partial charge in [-0.3, -0.25) is 25.0 Å². The third-order valence-electron chi connectivity index (χ3n) is 4.38. The lowest BCUT2D eigenvalue weighted by Gasteiger charge is -2.10. The maximum absolute atomic E-state index is 12.3. The summed E-state index contributed by atoms with van der Waals surface area (Å²) in [4.78, 5) is 25.6. The molecule has 0 aliphatic heterocycles. The number of nitrogens with one attached hydrogen (secondary N) is 2. The maximum Gasteiger partial charge on any atom is 0.269 e. The summed E-state index contributed by atoms with van der Waals surface area (Å²) in [6.07, 6.45) is 0.642. The van der Waals surface area contributed by atoms with Gasteiger partial charge in [0.1, 0.15) is 5.82 Å². The minimum absolute atomic E-state index is 0.0604. The number of aromatic nitrogens is 3. The van der Waals surface area contributed by atoms with E-state index in [1.165, 1.54) is 16.6 Å². The lowest BCUT2D eigenvalue weighted by Crippen LogP contribution is -2.42. The first-order valence-electron chi connectivity index (χ1n) is 9.60. The first-order chi connectivity index (χ1) is 15.6. The Labute approximate surface area is 197 Å². The van der Waals surface area contributed by atoms with Crippen LogP contribution in [0.3, 0.4) is 0 Å². The Bertz CT molecular complexity index is 1200. The van der Waals surface area contributed by atoms with Crippen LogP contribution in [-0.4, -0.2) is 32.3 Å². The monoisotopic (exact) mass is 483 g/mol. The van der Waals surface area contributed by atoms with E-state index < -0.39 is 5.91 Å². The number of hydrogen-bond donors (Lipinski definition) is 2. The number of benzene rings is 2. The van der Waals surface area contributed by atoms with Crippen LogP contribution in [0.15, 0.2) is 77.3 Å². The Balaban J connectivity index is 1.41. The van der Waals surface area contributed by atoms with Crippen molar-refractivity contribution in [1.82, 2.24) is 25.6 Å². The Morgan fingerprint density at radius 3 is 2.47 bits per heavy atom. The zero-order valence-corrected chi connectivity index (χ0v) is 19.1. The number of hydrogen-bond acceptors (Lipinski definition) is 6. The average Bonchev–Trinajstić information content (AvgIpc) is 3.47. The zero-order valence-electron chi connectivity index (χ0n) is 16.7. The molecule has 0 aliphatic carbocycles. The van der Waals surface area contributed by atoms with Gasteiger partial charge < -0.3 is 0 Å². The van der Waals surface area contributed by atoms with E-state index in [0.29, 0.717) is 22.2 Å². The number of thioether (sulfide) groups is 1. The molecule has 2 aromatic carbocycles. The predicted molar refractivity (Wildman–Crippen MR) is 126 cm³/mol. The van der Waals surface area contributed by atoms with Crippen LogP contribution in [0.2, 0.25) is 5.02 Å². The predicted octanol–water partition coefficient (Wildman–Crippen LogP) is 4.13. The molecule has 0 spiro atoms. The van der Waals surface area contributed by atoms with Gasteiger partial charge in [-0.25, -0.2) is 0 Å². The SMILES string of the molecule is O=C(CSc1nnc(Cc2cccs2)n1-c1ccccc1)NNC(=O)c1ccc(Cl)cc1. The standard InChI is InChI=1S/C22H18ClN5O2S2/c23-16-10-8-15(9-11-16)21(30)26-25-20(29)14-32-22-27-24-19(13-18-7-4-12-31-18)28(22)17-5-2-1-3-6-17/h1-12H,13-14H2,(H,25,29)(H,26,30). The molecule has 0 aliphatic rings. The van der Waals surface area contributed by atoms with E-state index in [4.69, 9.17) is 11.6 Å². The maximum atomic E-state index is 12.3. The molecule has 32 heavy (non-hydrogen) atoms. The Hall–Kier alpha value is -3.14. The minimum atomic E-state index is -0.425. The summed E-state index contributed by atoms with van der Waals surface area (Å²) < 4.78 is 1.95. The van der Waals surface area contributed by atoms with E-state index in [-0.39, 0.29) is 11.7 Å². The molecule has 0 atom stereocenters. The molecule has 0 bridgehead atoms. The van der Waals surface area contributed by atoms with Crippen LogP contribution >= 0.6 is 34.7 Å². The van der Waals surface area contributed by atoms with Gasteiger partial charge in [0, 0.05) is 27.6 Å². The third kappa shape index (κ3) is 5.56. The summed E-state index contributed by atoms with van der Waals surface area (Å²) in [5.74, 6) is 0.0632. The van der Waals surface area contributed by atoms with Crippen LogP contribution in [0.4, 0.5) is 0 Å². The third-order valence-corrected chi connectivity index (χ3v) is 6.44. The van der Waals surface area contributed by atoms with Crippen molar-refractivity contribution in [1.29, 1.82) is 0 Å². The summed E-state index contributed by atoms with van der Waals surface area (Å²) in [5.41, 5.74) is 6.13. The van der Waals surface area contributed by atoms with Gasteiger partial charge in [-0.15, -0.1) is 21.5 Å². The van der Waals surface area contributed by atoms with E-state index >= 15 is 0 Å². The second-order valence-electron chi connectivity index (χ2n) is 6.62. The lowest BCUT2D eigenvalue weighted by molar-refractivity contribution is -0.119. The highest BCUT2D eigenvalue weighted by Gasteiger charge is 2.17. The fourth-order valence-electron chi connectivity index (χ4n) is 2.88. The molecule has 0 saturated carbocycles. The average molecular weight is 484 g/mol. The highest BCUT2D eigenvalue weighted by atomic mass is 35.5. The van der Waals surface area contributed by atoms with Crippen LogP contribution in [0.25, 0.3) is 5.69 Å². The summed E-state index contributed by atoms with van der Waals surface area (Å²) in [7, 11) is 0. The fourth-order valence-corrected chi connectivity index (χ4v) is 4.48. The van der Waals surface area contributed by atoms with Crippen LogP contribution in [0.1, 0.15) is 21.1 Å². The molecule has 2 heterocycles. The van der Waals surface area contributed by atoms with E-state index in [2.05, 4.69) is 27.1 Å². The topological polar surface area (TPSA) is 88.9 Å². The van der Waals surface area contributed by atoms with Gasteiger partial charge >= 0.3 is 0 Å². The molecule has 4 rings (SSSR count). The number of para-hydroxylation sites is 1. The molecular weight excluding hydrogens is 466 g/mol. The second-order valence-corrected chi connectivity index (χ2v) is 9.03. The number of carbonyl (C=O) groups is 2. The molecule has 7 nitrogen and oxygen atoms in total. The highest BCUT2D eigenvalue weighted by molar-refractivity contribution is 7.99. The van der Waals surface area contributed by atoms with Crippen LogP contribution < -0.4 is 10.9 Å². The van der Waals surface area contributed by atoms with Crippen molar-refractivity contribution in [3.8, 4) is 5.69 Å². The fraction of sp³-hybridized carbons (Fsp3) is 0.0909. The first-order valence-corrected chi connectivity index (χ1v) is 11.8. The largest absolute Gasteiger partial charge is 0.274 e. The molecule has 162 valence electrons. The van der Waals surface area contributed by atoms with Gasteiger partial charge in [0.25, 0.3) is 5.91 Å². The van der Waals surface area contributed by atoms with Gasteiger partial charge in [-0.1, -0.05) is 47.6 Å². The van der Waals surface area contributed by atoms with Crippen LogP contribution in [0.5, 0.6) is 0 Å². The second kappa shape index (κ2) is 10.4. The molecule has 2 N–H and O–H groups in total. The van der Waals surface area contributed by atoms with E-state index in [1.807, 2.05) is 46.3 Å². The van der Waals surface area contributed by atoms with Crippen LogP contribution in [-0.2, 0) is 11.2 Å². The minimum Gasteiger partial charge on any atom is -0.274 e. The molecule has 0 radical (unpaired) electrons. The number of halogens is 1. The summed E-state index contributed by atoms with van der Waals surface area (Å²) in [6, 6.07) is 20.2. The normalized spacial score (nSPS) is 10.7. The molecule has 0 saturated heterocycles. The number of carbonyl (C=O) groups excluding carboxylic acids is 2. The molecule has 2 amide bonds. The van der Waals surface area contributed by atoms with Crippen LogP contribution in [0, 0.1) is 0 Å². The van der Waals surface area contributed by atoms with E-state index in [9.17, 15) is 9.59 Å². The molecule has 0 fully saturated rings. The Morgan fingerprint density at radius 1 is 0.969 bits per heavy atom. The highest BCUT2D eigenvalue weighted by Crippen LogP contribution is 2.24. The summed E-state index contributed by atoms with van der Waals surface area (Å²) in [5, 5.41) is 11.8. The van der Waals surface area contributed by atoms with Gasteiger partial charge in [0.05, 0.1) is 5.75 Å². The molecule has 10 heteroatoms. The lowest BCUT2D eigenvalue weighted by atomic mass is 10.2. The van der Waals surface area contributed by atoms with Gasteiger partial charge in [0.15, 0.2) is 5.16 Å². The first kappa shape index (κ1) is 22.1. The van der Waals surface area contributed by atoms with Crippen molar-refractivity contribution in [2.45, 2.75) is 11.6 Å². The number of amides is 2. The smallest absolute Gasteiger partial charge is 0.269 e. The number of rotatable bonds is 7. The van der Waals surface area contributed by atoms with Crippen molar-refractivity contribution in [3.05, 3.63) is 93.4 Å². The van der Waals surface area contributed by atoms with Gasteiger partial charge in [0.2, 0.25) is 5.91 Å².